The molecule has 2 aromatic rings. The lowest BCUT2D eigenvalue weighted by Gasteiger charge is -2.34. The van der Waals surface area contributed by atoms with Crippen LogP contribution in [0.4, 0.5) is 10.1 Å². The van der Waals surface area contributed by atoms with Gasteiger partial charge in [-0.1, -0.05) is 34.1 Å². The van der Waals surface area contributed by atoms with E-state index in [9.17, 15) is 14.0 Å². The normalized spacial score (nSPS) is 16.7. The van der Waals surface area contributed by atoms with Crippen molar-refractivity contribution in [3.63, 3.8) is 0 Å². The highest BCUT2D eigenvalue weighted by Crippen LogP contribution is 2.43. The number of anilines is 1. The summed E-state index contributed by atoms with van der Waals surface area (Å²) < 4.78 is 14.8. The first-order valence-corrected chi connectivity index (χ1v) is 9.27. The van der Waals surface area contributed by atoms with Crippen molar-refractivity contribution in [3.05, 3.63) is 57.8 Å². The van der Waals surface area contributed by atoms with Crippen LogP contribution in [0.5, 0.6) is 0 Å². The third-order valence-corrected chi connectivity index (χ3v) is 5.90. The number of aliphatic carboxylic acids is 1. The molecule has 0 fully saturated rings. The molecule has 0 aromatic heterocycles. The number of carboxylic acid groups (broad SMARTS) is 1. The van der Waals surface area contributed by atoms with E-state index < -0.39 is 17.0 Å². The van der Waals surface area contributed by atoms with E-state index in [1.54, 1.807) is 18.2 Å². The quantitative estimate of drug-likeness (QED) is 0.792. The number of hydrogen-bond acceptors (Lipinski definition) is 3. The van der Waals surface area contributed by atoms with Crippen molar-refractivity contribution in [3.8, 4) is 0 Å². The fourth-order valence-electron chi connectivity index (χ4n) is 2.76. The molecule has 0 radical (unpaired) electrons. The van der Waals surface area contributed by atoms with E-state index in [1.165, 1.54) is 22.7 Å². The first-order valence-electron chi connectivity index (χ1n) is 7.60. The highest BCUT2D eigenvalue weighted by atomic mass is 79.9. The summed E-state index contributed by atoms with van der Waals surface area (Å²) >= 11 is 4.48. The van der Waals surface area contributed by atoms with Gasteiger partial charge in [-0.2, -0.15) is 0 Å². The number of halogens is 2. The predicted molar refractivity (Wildman–Crippen MR) is 98.4 cm³/mol. The van der Waals surface area contributed by atoms with Gasteiger partial charge in [0.25, 0.3) is 0 Å². The third kappa shape index (κ3) is 3.72. The molecule has 1 aliphatic rings. The Morgan fingerprint density at radius 3 is 2.80 bits per heavy atom. The van der Waals surface area contributed by atoms with Crippen molar-refractivity contribution in [1.29, 1.82) is 0 Å². The molecule has 3 rings (SSSR count). The zero-order valence-electron chi connectivity index (χ0n) is 13.3. The average Bonchev–Trinajstić information content (AvgIpc) is 2.54. The van der Waals surface area contributed by atoms with Crippen molar-refractivity contribution in [2.45, 2.75) is 30.0 Å². The molecule has 4 nitrogen and oxygen atoms in total. The standard InChI is InChI=1S/C18H15BrFNO3S/c1-10-3-2-4-14-17(10)25-15(8-16(22)23)18(24)21(14)9-11-5-6-12(19)7-13(11)20/h2-7,15H,8-9H2,1H3,(H,22,23). The number of thioether (sulfide) groups is 1. The zero-order valence-corrected chi connectivity index (χ0v) is 15.7. The zero-order chi connectivity index (χ0) is 18.1. The van der Waals surface area contributed by atoms with E-state index in [0.29, 0.717) is 15.7 Å². The Kier molecular flexibility index (Phi) is 5.15. The molecule has 0 bridgehead atoms. The van der Waals surface area contributed by atoms with Crippen molar-refractivity contribution in [2.24, 2.45) is 0 Å². The Hall–Kier alpha value is -1.86. The largest absolute Gasteiger partial charge is 0.481 e. The number of carbonyl (C=O) groups excluding carboxylic acids is 1. The monoisotopic (exact) mass is 423 g/mol. The SMILES string of the molecule is Cc1cccc2c1SC(CC(=O)O)C(=O)N2Cc1ccc(Br)cc1F. The molecule has 1 atom stereocenters. The third-order valence-electron chi connectivity index (χ3n) is 3.99. The number of amides is 1. The van der Waals surface area contributed by atoms with Gasteiger partial charge in [0.1, 0.15) is 5.82 Å². The first-order chi connectivity index (χ1) is 11.9. The van der Waals surface area contributed by atoms with Gasteiger partial charge >= 0.3 is 5.97 Å². The summed E-state index contributed by atoms with van der Waals surface area (Å²) in [6.45, 7) is 1.98. The Morgan fingerprint density at radius 1 is 1.36 bits per heavy atom. The molecule has 1 unspecified atom stereocenters. The number of benzene rings is 2. The van der Waals surface area contributed by atoms with Crippen LogP contribution in [0, 0.1) is 12.7 Å². The molecule has 2 aromatic carbocycles. The van der Waals surface area contributed by atoms with Gasteiger partial charge in [0.15, 0.2) is 0 Å². The van der Waals surface area contributed by atoms with Crippen molar-refractivity contribution in [2.75, 3.05) is 4.90 Å². The Labute approximate surface area is 157 Å². The molecule has 25 heavy (non-hydrogen) atoms. The molecular weight excluding hydrogens is 409 g/mol. The molecule has 0 saturated carbocycles. The Balaban J connectivity index is 2.02. The van der Waals surface area contributed by atoms with E-state index in [0.717, 1.165) is 10.5 Å². The summed E-state index contributed by atoms with van der Waals surface area (Å²) in [4.78, 5) is 26.3. The molecule has 130 valence electrons. The van der Waals surface area contributed by atoms with E-state index in [4.69, 9.17) is 5.11 Å². The Morgan fingerprint density at radius 2 is 2.12 bits per heavy atom. The molecule has 0 aliphatic carbocycles. The van der Waals surface area contributed by atoms with Gasteiger partial charge in [0.05, 0.1) is 23.9 Å². The van der Waals surface area contributed by atoms with Gasteiger partial charge in [0, 0.05) is 14.9 Å². The van der Waals surface area contributed by atoms with Crippen LogP contribution in [0.15, 0.2) is 45.8 Å². The second-order valence-corrected chi connectivity index (χ2v) is 7.92. The minimum absolute atomic E-state index is 0.0606. The van der Waals surface area contributed by atoms with Crippen molar-refractivity contribution >= 4 is 45.3 Å². The number of carboxylic acids is 1. The summed E-state index contributed by atoms with van der Waals surface area (Å²) in [5.74, 6) is -1.75. The molecule has 1 heterocycles. The van der Waals surface area contributed by atoms with Crippen LogP contribution in [-0.4, -0.2) is 22.2 Å². The van der Waals surface area contributed by atoms with Crippen LogP contribution in [-0.2, 0) is 16.1 Å². The highest BCUT2D eigenvalue weighted by molar-refractivity contribution is 9.10. The van der Waals surface area contributed by atoms with Gasteiger partial charge in [-0.25, -0.2) is 4.39 Å². The number of hydrogen-bond donors (Lipinski definition) is 1. The summed E-state index contributed by atoms with van der Waals surface area (Å²) in [6, 6.07) is 10.2. The predicted octanol–water partition coefficient (Wildman–Crippen LogP) is 4.38. The fourth-order valence-corrected chi connectivity index (χ4v) is 4.38. The lowest BCUT2D eigenvalue weighted by atomic mass is 10.1. The maximum atomic E-state index is 14.2. The van der Waals surface area contributed by atoms with Crippen LogP contribution in [0.3, 0.4) is 0 Å². The lowest BCUT2D eigenvalue weighted by Crippen LogP contribution is -2.41. The molecule has 1 amide bonds. The number of rotatable bonds is 4. The minimum atomic E-state index is -1.03. The van der Waals surface area contributed by atoms with Crippen LogP contribution >= 0.6 is 27.7 Å². The van der Waals surface area contributed by atoms with E-state index in [-0.39, 0.29) is 18.9 Å². The van der Waals surface area contributed by atoms with E-state index in [2.05, 4.69) is 15.9 Å². The second kappa shape index (κ2) is 7.17. The fraction of sp³-hybridized carbons (Fsp3) is 0.222. The molecule has 7 heteroatoms. The van der Waals surface area contributed by atoms with Crippen LogP contribution in [0.1, 0.15) is 17.5 Å². The highest BCUT2D eigenvalue weighted by Gasteiger charge is 2.35. The number of aryl methyl sites for hydroxylation is 1. The Bertz CT molecular complexity index is 858. The minimum Gasteiger partial charge on any atom is -0.481 e. The average molecular weight is 424 g/mol. The summed E-state index contributed by atoms with van der Waals surface area (Å²) in [7, 11) is 0. The molecule has 1 N–H and O–H groups in total. The molecule has 0 saturated heterocycles. The van der Waals surface area contributed by atoms with Crippen molar-refractivity contribution in [1.82, 2.24) is 0 Å². The van der Waals surface area contributed by atoms with Crippen molar-refractivity contribution < 1.29 is 19.1 Å². The van der Waals surface area contributed by atoms with E-state index >= 15 is 0 Å². The number of fused-ring (bicyclic) bond motifs is 1. The topological polar surface area (TPSA) is 57.6 Å². The second-order valence-electron chi connectivity index (χ2n) is 5.79. The molecular formula is C18H15BrFNO3S. The van der Waals surface area contributed by atoms with E-state index in [1.807, 2.05) is 19.1 Å². The van der Waals surface area contributed by atoms with Gasteiger partial charge in [0.2, 0.25) is 5.91 Å². The van der Waals surface area contributed by atoms with Gasteiger partial charge in [-0.3, -0.25) is 9.59 Å². The van der Waals surface area contributed by atoms with Gasteiger partial charge < -0.3 is 10.0 Å². The summed E-state index contributed by atoms with van der Waals surface area (Å²) in [5, 5.41) is 8.38. The maximum absolute atomic E-state index is 14.2. The molecule has 1 aliphatic heterocycles. The first kappa shape index (κ1) is 17.9. The number of carbonyl (C=O) groups is 2. The van der Waals surface area contributed by atoms with Crippen LogP contribution < -0.4 is 4.90 Å². The van der Waals surface area contributed by atoms with Gasteiger partial charge in [-0.05, 0) is 30.7 Å². The number of nitrogens with zero attached hydrogens (tertiary/aromatic N) is 1. The smallest absolute Gasteiger partial charge is 0.305 e. The summed E-state index contributed by atoms with van der Waals surface area (Å²) in [5.41, 5.74) is 2.04. The van der Waals surface area contributed by atoms with Crippen LogP contribution in [0.25, 0.3) is 0 Å². The summed E-state index contributed by atoms with van der Waals surface area (Å²) in [6.07, 6.45) is -0.267. The molecule has 0 spiro atoms. The maximum Gasteiger partial charge on any atom is 0.305 e. The van der Waals surface area contributed by atoms with Gasteiger partial charge in [-0.15, -0.1) is 11.8 Å². The van der Waals surface area contributed by atoms with Crippen LogP contribution in [0.2, 0.25) is 0 Å². The lowest BCUT2D eigenvalue weighted by molar-refractivity contribution is -0.138.